The maximum atomic E-state index is 12.1. The summed E-state index contributed by atoms with van der Waals surface area (Å²) in [5.41, 5.74) is 1.01. The van der Waals surface area contributed by atoms with Crippen LogP contribution in [-0.4, -0.2) is 15.9 Å². The lowest BCUT2D eigenvalue weighted by Crippen LogP contribution is -2.07. The second-order valence-electron chi connectivity index (χ2n) is 4.56. The lowest BCUT2D eigenvalue weighted by molar-refractivity contribution is 0.0738. The van der Waals surface area contributed by atoms with Gasteiger partial charge in [0, 0.05) is 11.6 Å². The van der Waals surface area contributed by atoms with Crippen molar-refractivity contribution in [2.75, 3.05) is 5.32 Å². The van der Waals surface area contributed by atoms with E-state index >= 15 is 0 Å². The van der Waals surface area contributed by atoms with Crippen molar-refractivity contribution < 1.29 is 9.53 Å². The number of benzene rings is 1. The molecule has 1 aliphatic heterocycles. The van der Waals surface area contributed by atoms with Crippen molar-refractivity contribution in [3.05, 3.63) is 53.2 Å². The standard InChI is InChI=1S/C15H8ClN3O2/c16-10-5-1-3-8-7-11-14(18-12(8)10)19-13-9(15(20)21-11)4-2-6-17-13/h1-7H,(H,17,18,19). The normalized spacial score (nSPS) is 12.9. The average molecular weight is 298 g/mol. The van der Waals surface area contributed by atoms with E-state index in [1.807, 2.05) is 12.1 Å². The quantitative estimate of drug-likeness (QED) is 0.643. The summed E-state index contributed by atoms with van der Waals surface area (Å²) in [6.45, 7) is 0. The van der Waals surface area contributed by atoms with Crippen molar-refractivity contribution >= 4 is 40.1 Å². The number of halogens is 1. The molecular formula is C15H8ClN3O2. The molecule has 0 bridgehead atoms. The molecule has 1 aliphatic rings. The zero-order valence-corrected chi connectivity index (χ0v) is 11.4. The van der Waals surface area contributed by atoms with E-state index in [1.165, 1.54) is 0 Å². The Kier molecular flexibility index (Phi) is 2.55. The molecular weight excluding hydrogens is 290 g/mol. The number of anilines is 2. The summed E-state index contributed by atoms with van der Waals surface area (Å²) in [6.07, 6.45) is 1.60. The van der Waals surface area contributed by atoms with E-state index in [1.54, 1.807) is 30.5 Å². The molecule has 3 aromatic rings. The molecule has 0 saturated carbocycles. The van der Waals surface area contributed by atoms with Crippen LogP contribution in [-0.2, 0) is 0 Å². The lowest BCUT2D eigenvalue weighted by Gasteiger charge is -2.08. The van der Waals surface area contributed by atoms with Gasteiger partial charge in [0.1, 0.15) is 11.4 Å². The number of nitrogens with zero attached hydrogens (tertiary/aromatic N) is 2. The first-order valence-corrected chi connectivity index (χ1v) is 6.64. The number of carbonyl (C=O) groups is 1. The Morgan fingerprint density at radius 2 is 2.05 bits per heavy atom. The second kappa shape index (κ2) is 4.43. The summed E-state index contributed by atoms with van der Waals surface area (Å²) < 4.78 is 5.38. The minimum atomic E-state index is -0.465. The SMILES string of the molecule is O=C1Oc2cc3cccc(Cl)c3nc2Nc2ncccc21. The molecule has 4 rings (SSSR count). The summed E-state index contributed by atoms with van der Waals surface area (Å²) in [4.78, 5) is 20.7. The van der Waals surface area contributed by atoms with Crippen LogP contribution >= 0.6 is 11.6 Å². The molecule has 21 heavy (non-hydrogen) atoms. The van der Waals surface area contributed by atoms with Crippen molar-refractivity contribution in [1.82, 2.24) is 9.97 Å². The second-order valence-corrected chi connectivity index (χ2v) is 4.97. The molecule has 0 spiro atoms. The maximum Gasteiger partial charge on any atom is 0.347 e. The average Bonchev–Trinajstić information content (AvgIpc) is 2.62. The third-order valence-electron chi connectivity index (χ3n) is 3.23. The highest BCUT2D eigenvalue weighted by Crippen LogP contribution is 2.35. The van der Waals surface area contributed by atoms with Gasteiger partial charge in [-0.15, -0.1) is 0 Å². The van der Waals surface area contributed by atoms with Crippen molar-refractivity contribution in [2.24, 2.45) is 0 Å². The molecule has 0 radical (unpaired) electrons. The number of ether oxygens (including phenoxy) is 1. The topological polar surface area (TPSA) is 64.1 Å². The molecule has 1 aromatic carbocycles. The van der Waals surface area contributed by atoms with Crippen molar-refractivity contribution in [3.8, 4) is 5.75 Å². The highest BCUT2D eigenvalue weighted by Gasteiger charge is 2.23. The van der Waals surface area contributed by atoms with Gasteiger partial charge in [-0.05, 0) is 24.3 Å². The predicted molar refractivity (Wildman–Crippen MR) is 79.2 cm³/mol. The fourth-order valence-electron chi connectivity index (χ4n) is 2.25. The van der Waals surface area contributed by atoms with Crippen LogP contribution in [0.15, 0.2) is 42.6 Å². The first-order chi connectivity index (χ1) is 10.2. The Morgan fingerprint density at radius 1 is 1.14 bits per heavy atom. The largest absolute Gasteiger partial charge is 0.419 e. The summed E-state index contributed by atoms with van der Waals surface area (Å²) in [7, 11) is 0. The molecule has 0 amide bonds. The van der Waals surface area contributed by atoms with Gasteiger partial charge in [0.15, 0.2) is 11.6 Å². The highest BCUT2D eigenvalue weighted by atomic mass is 35.5. The van der Waals surface area contributed by atoms with Crippen LogP contribution in [0.3, 0.4) is 0 Å². The molecule has 1 N–H and O–H groups in total. The summed E-state index contributed by atoms with van der Waals surface area (Å²) in [5, 5.41) is 4.36. The van der Waals surface area contributed by atoms with Crippen molar-refractivity contribution in [2.45, 2.75) is 0 Å². The van der Waals surface area contributed by atoms with Gasteiger partial charge >= 0.3 is 5.97 Å². The fraction of sp³-hybridized carbons (Fsp3) is 0. The zero-order valence-electron chi connectivity index (χ0n) is 10.6. The molecule has 3 heterocycles. The van der Waals surface area contributed by atoms with Gasteiger partial charge in [-0.2, -0.15) is 0 Å². The summed E-state index contributed by atoms with van der Waals surface area (Å²) in [5.74, 6) is 0.724. The van der Waals surface area contributed by atoms with E-state index in [0.29, 0.717) is 33.5 Å². The zero-order chi connectivity index (χ0) is 14.4. The van der Waals surface area contributed by atoms with E-state index in [2.05, 4.69) is 15.3 Å². The van der Waals surface area contributed by atoms with Gasteiger partial charge in [0.05, 0.1) is 10.5 Å². The van der Waals surface area contributed by atoms with Crippen molar-refractivity contribution in [3.63, 3.8) is 0 Å². The van der Waals surface area contributed by atoms with Gasteiger partial charge in [-0.25, -0.2) is 14.8 Å². The predicted octanol–water partition coefficient (Wildman–Crippen LogP) is 3.56. The smallest absolute Gasteiger partial charge is 0.347 e. The first kappa shape index (κ1) is 12.1. The number of esters is 1. The fourth-order valence-corrected chi connectivity index (χ4v) is 2.47. The van der Waals surface area contributed by atoms with Crippen LogP contribution in [0, 0.1) is 0 Å². The van der Waals surface area contributed by atoms with Crippen molar-refractivity contribution in [1.29, 1.82) is 0 Å². The molecule has 6 heteroatoms. The van der Waals surface area contributed by atoms with Crippen LogP contribution in [0.2, 0.25) is 5.02 Å². The summed E-state index contributed by atoms with van der Waals surface area (Å²) in [6, 6.07) is 10.5. The Labute approximate surface area is 124 Å². The van der Waals surface area contributed by atoms with Gasteiger partial charge in [-0.3, -0.25) is 0 Å². The van der Waals surface area contributed by atoms with Crippen LogP contribution in [0.4, 0.5) is 11.6 Å². The molecule has 5 nitrogen and oxygen atoms in total. The highest BCUT2D eigenvalue weighted by molar-refractivity contribution is 6.35. The third-order valence-corrected chi connectivity index (χ3v) is 3.53. The Balaban J connectivity index is 1.97. The molecule has 0 aliphatic carbocycles. The molecule has 0 unspecified atom stereocenters. The number of hydrogen-bond donors (Lipinski definition) is 1. The van der Waals surface area contributed by atoms with E-state index in [9.17, 15) is 4.79 Å². The van der Waals surface area contributed by atoms with E-state index in [0.717, 1.165) is 5.39 Å². The van der Waals surface area contributed by atoms with Gasteiger partial charge < -0.3 is 10.1 Å². The number of para-hydroxylation sites is 1. The van der Waals surface area contributed by atoms with Crippen LogP contribution in [0.5, 0.6) is 5.75 Å². The van der Waals surface area contributed by atoms with E-state index in [-0.39, 0.29) is 0 Å². The minimum absolute atomic E-state index is 0.354. The third kappa shape index (κ3) is 1.90. The van der Waals surface area contributed by atoms with Gasteiger partial charge in [0.25, 0.3) is 0 Å². The number of hydrogen-bond acceptors (Lipinski definition) is 5. The molecule has 2 aromatic heterocycles. The number of nitrogens with one attached hydrogen (secondary N) is 1. The Bertz CT molecular complexity index is 895. The van der Waals surface area contributed by atoms with Gasteiger partial charge in [-0.1, -0.05) is 23.7 Å². The van der Waals surface area contributed by atoms with Crippen LogP contribution < -0.4 is 10.1 Å². The molecule has 0 saturated heterocycles. The summed E-state index contributed by atoms with van der Waals surface area (Å²) >= 11 is 6.16. The number of carbonyl (C=O) groups excluding carboxylic acids is 1. The minimum Gasteiger partial charge on any atom is -0.419 e. The molecule has 0 atom stereocenters. The van der Waals surface area contributed by atoms with E-state index < -0.39 is 5.97 Å². The maximum absolute atomic E-state index is 12.1. The first-order valence-electron chi connectivity index (χ1n) is 6.26. The number of aromatic nitrogens is 2. The van der Waals surface area contributed by atoms with Crippen LogP contribution in [0.1, 0.15) is 10.4 Å². The Hall–Kier alpha value is -2.66. The van der Waals surface area contributed by atoms with E-state index in [4.69, 9.17) is 16.3 Å². The monoisotopic (exact) mass is 297 g/mol. The number of fused-ring (bicyclic) bond motifs is 3. The number of rotatable bonds is 0. The van der Waals surface area contributed by atoms with Crippen LogP contribution in [0.25, 0.3) is 10.9 Å². The number of pyridine rings is 2. The molecule has 0 fully saturated rings. The lowest BCUT2D eigenvalue weighted by atomic mass is 10.2. The van der Waals surface area contributed by atoms with Gasteiger partial charge in [0.2, 0.25) is 0 Å². The molecule has 102 valence electrons. The Morgan fingerprint density at radius 3 is 2.95 bits per heavy atom.